The molecule has 0 saturated heterocycles. The Bertz CT molecular complexity index is 155. The van der Waals surface area contributed by atoms with Crippen LogP contribution in [0.2, 0.25) is 0 Å². The second kappa shape index (κ2) is 4.38. The highest BCUT2D eigenvalue weighted by Gasteiger charge is 2.34. The van der Waals surface area contributed by atoms with Gasteiger partial charge in [0.15, 0.2) is 0 Å². The lowest BCUT2D eigenvalue weighted by atomic mass is 9.77. The molecular weight excluding hydrogens is 171 g/mol. The Morgan fingerprint density at radius 1 is 1.31 bits per heavy atom. The molecule has 80 valence electrons. The number of rotatable bonds is 5. The summed E-state index contributed by atoms with van der Waals surface area (Å²) in [6.07, 6.45) is -0.288. The van der Waals surface area contributed by atoms with Gasteiger partial charge in [-0.1, -0.05) is 13.8 Å². The molecule has 0 aromatic carbocycles. The van der Waals surface area contributed by atoms with Crippen LogP contribution < -0.4 is 0 Å². The molecule has 0 rings (SSSR count). The van der Waals surface area contributed by atoms with Crippen molar-refractivity contribution in [1.29, 1.82) is 0 Å². The predicted octanol–water partition coefficient (Wildman–Crippen LogP) is 2.16. The van der Waals surface area contributed by atoms with E-state index >= 15 is 0 Å². The van der Waals surface area contributed by atoms with Gasteiger partial charge in [-0.25, -0.2) is 4.39 Å². The summed E-state index contributed by atoms with van der Waals surface area (Å²) in [4.78, 5) is 0. The molecule has 0 amide bonds. The van der Waals surface area contributed by atoms with E-state index in [0.717, 1.165) is 0 Å². The van der Waals surface area contributed by atoms with E-state index in [-0.39, 0.29) is 5.60 Å². The van der Waals surface area contributed by atoms with Crippen LogP contribution in [-0.2, 0) is 4.74 Å². The molecule has 0 spiro atoms. The Morgan fingerprint density at radius 2 is 1.77 bits per heavy atom. The van der Waals surface area contributed by atoms with Crippen molar-refractivity contribution in [2.24, 2.45) is 5.41 Å². The third-order valence-corrected chi connectivity index (χ3v) is 2.48. The van der Waals surface area contributed by atoms with E-state index in [2.05, 4.69) is 0 Å². The van der Waals surface area contributed by atoms with Crippen molar-refractivity contribution in [3.05, 3.63) is 0 Å². The molecule has 0 aliphatic rings. The number of aliphatic hydroxyl groups is 1. The first-order chi connectivity index (χ1) is 5.75. The molecule has 1 atom stereocenters. The fraction of sp³-hybridized carbons (Fsp3) is 1.00. The molecular formula is C10H21FO2. The molecule has 0 aliphatic carbocycles. The van der Waals surface area contributed by atoms with Gasteiger partial charge in [0.05, 0.1) is 11.7 Å². The maximum absolute atomic E-state index is 12.3. The molecule has 3 heteroatoms. The summed E-state index contributed by atoms with van der Waals surface area (Å²) in [6, 6.07) is 0. The van der Waals surface area contributed by atoms with Crippen LogP contribution in [0, 0.1) is 5.41 Å². The van der Waals surface area contributed by atoms with Gasteiger partial charge in [-0.3, -0.25) is 0 Å². The summed E-state index contributed by atoms with van der Waals surface area (Å²) in [5.74, 6) is 0. The largest absolute Gasteiger partial charge is 0.390 e. The Labute approximate surface area is 80.1 Å². The summed E-state index contributed by atoms with van der Waals surface area (Å²) in [6.45, 7) is 6.85. The first-order valence-corrected chi connectivity index (χ1v) is 4.54. The summed E-state index contributed by atoms with van der Waals surface area (Å²) in [5, 5.41) is 9.41. The molecule has 0 heterocycles. The second-order valence-corrected chi connectivity index (χ2v) is 4.80. The Kier molecular flexibility index (Phi) is 4.33. The van der Waals surface area contributed by atoms with Crippen molar-refractivity contribution in [1.82, 2.24) is 0 Å². The molecule has 0 bridgehead atoms. The topological polar surface area (TPSA) is 29.5 Å². The zero-order valence-electron chi connectivity index (χ0n) is 9.22. The molecule has 0 unspecified atom stereocenters. The Morgan fingerprint density at radius 3 is 2.08 bits per heavy atom. The van der Waals surface area contributed by atoms with E-state index in [1.165, 1.54) is 0 Å². The smallest absolute Gasteiger partial charge is 0.116 e. The molecule has 0 saturated carbocycles. The standard InChI is InChI=1S/C10H21FO2/c1-9(2,8(12)6-11)7-10(3,4)13-5/h8,12H,6-7H2,1-5H3/t8-/m0/s1. The number of alkyl halides is 1. The zero-order valence-corrected chi connectivity index (χ0v) is 9.22. The highest BCUT2D eigenvalue weighted by molar-refractivity contribution is 4.84. The maximum atomic E-state index is 12.3. The van der Waals surface area contributed by atoms with Gasteiger partial charge < -0.3 is 9.84 Å². The van der Waals surface area contributed by atoms with Crippen molar-refractivity contribution >= 4 is 0 Å². The molecule has 0 fully saturated rings. The fourth-order valence-corrected chi connectivity index (χ4v) is 1.50. The van der Waals surface area contributed by atoms with Crippen LogP contribution in [0.4, 0.5) is 4.39 Å². The van der Waals surface area contributed by atoms with Crippen LogP contribution in [-0.4, -0.2) is 30.6 Å². The normalized spacial score (nSPS) is 15.9. The molecule has 0 aromatic heterocycles. The van der Waals surface area contributed by atoms with Crippen LogP contribution in [0.3, 0.4) is 0 Å². The van der Waals surface area contributed by atoms with Gasteiger partial charge in [-0.05, 0) is 25.7 Å². The summed E-state index contributed by atoms with van der Waals surface area (Å²) in [7, 11) is 1.62. The predicted molar refractivity (Wildman–Crippen MR) is 51.5 cm³/mol. The molecule has 0 radical (unpaired) electrons. The molecule has 1 N–H and O–H groups in total. The van der Waals surface area contributed by atoms with Gasteiger partial charge >= 0.3 is 0 Å². The minimum Gasteiger partial charge on any atom is -0.390 e. The quantitative estimate of drug-likeness (QED) is 0.723. The van der Waals surface area contributed by atoms with Gasteiger partial charge in [-0.2, -0.15) is 0 Å². The number of hydrogen-bond donors (Lipinski definition) is 1. The van der Waals surface area contributed by atoms with Crippen molar-refractivity contribution in [3.8, 4) is 0 Å². The van der Waals surface area contributed by atoms with Crippen molar-refractivity contribution in [2.45, 2.75) is 45.8 Å². The molecule has 13 heavy (non-hydrogen) atoms. The van der Waals surface area contributed by atoms with Gasteiger partial charge in [0.1, 0.15) is 6.67 Å². The second-order valence-electron chi connectivity index (χ2n) is 4.80. The van der Waals surface area contributed by atoms with Crippen LogP contribution in [0.5, 0.6) is 0 Å². The number of methoxy groups -OCH3 is 1. The van der Waals surface area contributed by atoms with Crippen LogP contribution >= 0.6 is 0 Å². The van der Waals surface area contributed by atoms with Crippen LogP contribution in [0.1, 0.15) is 34.1 Å². The first-order valence-electron chi connectivity index (χ1n) is 4.54. The van der Waals surface area contributed by atoms with Gasteiger partial charge in [0.25, 0.3) is 0 Å². The third-order valence-electron chi connectivity index (χ3n) is 2.48. The fourth-order valence-electron chi connectivity index (χ4n) is 1.50. The lowest BCUT2D eigenvalue weighted by Gasteiger charge is -2.36. The van der Waals surface area contributed by atoms with Crippen LogP contribution in [0.25, 0.3) is 0 Å². The number of aliphatic hydroxyl groups excluding tert-OH is 1. The average molecular weight is 192 g/mol. The van der Waals surface area contributed by atoms with E-state index in [1.54, 1.807) is 7.11 Å². The first kappa shape index (κ1) is 12.8. The van der Waals surface area contributed by atoms with Crippen molar-refractivity contribution < 1.29 is 14.2 Å². The maximum Gasteiger partial charge on any atom is 0.116 e. The lowest BCUT2D eigenvalue weighted by Crippen LogP contribution is -2.39. The summed E-state index contributed by atoms with van der Waals surface area (Å²) < 4.78 is 17.5. The van der Waals surface area contributed by atoms with Crippen molar-refractivity contribution in [2.75, 3.05) is 13.8 Å². The lowest BCUT2D eigenvalue weighted by molar-refractivity contribution is -0.0561. The number of halogens is 1. The number of ether oxygens (including phenoxy) is 1. The minimum absolute atomic E-state index is 0.320. The molecule has 0 aromatic rings. The highest BCUT2D eigenvalue weighted by Crippen LogP contribution is 2.33. The zero-order chi connectivity index (χ0) is 10.7. The minimum atomic E-state index is -0.915. The Hall–Kier alpha value is -0.150. The van der Waals surface area contributed by atoms with Gasteiger partial charge in [0.2, 0.25) is 0 Å². The monoisotopic (exact) mass is 192 g/mol. The van der Waals surface area contributed by atoms with Crippen molar-refractivity contribution in [3.63, 3.8) is 0 Å². The average Bonchev–Trinajstić information content (AvgIpc) is 2.01. The van der Waals surface area contributed by atoms with E-state index in [4.69, 9.17) is 4.74 Å². The number of hydrogen-bond acceptors (Lipinski definition) is 2. The molecule has 2 nitrogen and oxygen atoms in total. The van der Waals surface area contributed by atoms with Gasteiger partial charge in [0, 0.05) is 7.11 Å². The van der Waals surface area contributed by atoms with Gasteiger partial charge in [-0.15, -0.1) is 0 Å². The Balaban J connectivity index is 4.32. The highest BCUT2D eigenvalue weighted by atomic mass is 19.1. The summed E-state index contributed by atoms with van der Waals surface area (Å²) in [5.41, 5.74) is -0.770. The van der Waals surface area contributed by atoms with E-state index in [1.807, 2.05) is 27.7 Å². The third kappa shape index (κ3) is 4.05. The molecule has 0 aliphatic heterocycles. The summed E-state index contributed by atoms with van der Waals surface area (Å²) >= 11 is 0. The van der Waals surface area contributed by atoms with E-state index in [0.29, 0.717) is 6.42 Å². The van der Waals surface area contributed by atoms with Crippen LogP contribution in [0.15, 0.2) is 0 Å². The van der Waals surface area contributed by atoms with E-state index < -0.39 is 18.2 Å². The SMILES string of the molecule is COC(C)(C)CC(C)(C)[C@@H](O)CF. The van der Waals surface area contributed by atoms with E-state index in [9.17, 15) is 9.50 Å².